The van der Waals surface area contributed by atoms with Crippen molar-refractivity contribution >= 4 is 66.3 Å². The molecule has 2 aromatic heterocycles. The average Bonchev–Trinajstić information content (AvgIpc) is 3.29. The Bertz CT molecular complexity index is 1070. The van der Waals surface area contributed by atoms with Gasteiger partial charge in [-0.05, 0) is 41.1 Å². The predicted molar refractivity (Wildman–Crippen MR) is 102 cm³/mol. The molecule has 0 amide bonds. The first-order valence-corrected chi connectivity index (χ1v) is 11.9. The lowest BCUT2D eigenvalue weighted by molar-refractivity contribution is 0.112. The SMILES string of the molecule is O=Cc1ccc(N(S(=O)(=O)c2cccs2)S(=O)(=O)c2cccs2)cc1Cl. The van der Waals surface area contributed by atoms with Crippen LogP contribution in [0.5, 0.6) is 0 Å². The molecular weight excluding hydrogens is 438 g/mol. The van der Waals surface area contributed by atoms with E-state index >= 15 is 0 Å². The molecule has 6 nitrogen and oxygen atoms in total. The Morgan fingerprint density at radius 3 is 1.81 bits per heavy atom. The highest BCUT2D eigenvalue weighted by atomic mass is 35.5. The number of nitrogens with zero attached hydrogens (tertiary/aromatic N) is 1. The molecule has 26 heavy (non-hydrogen) atoms. The van der Waals surface area contributed by atoms with Crippen molar-refractivity contribution in [3.05, 3.63) is 63.8 Å². The van der Waals surface area contributed by atoms with E-state index < -0.39 is 20.0 Å². The minimum Gasteiger partial charge on any atom is -0.298 e. The van der Waals surface area contributed by atoms with Crippen molar-refractivity contribution in [3.8, 4) is 0 Å². The van der Waals surface area contributed by atoms with Gasteiger partial charge in [0.2, 0.25) is 0 Å². The number of rotatable bonds is 6. The van der Waals surface area contributed by atoms with Crippen LogP contribution in [-0.2, 0) is 20.0 Å². The molecule has 0 radical (unpaired) electrons. The molecule has 2 heterocycles. The number of aldehydes is 1. The molecule has 0 fully saturated rings. The fourth-order valence-electron chi connectivity index (χ4n) is 2.12. The fourth-order valence-corrected chi connectivity index (χ4v) is 8.39. The number of carbonyl (C=O) groups excluding carboxylic acids is 1. The van der Waals surface area contributed by atoms with Crippen LogP contribution in [0, 0.1) is 0 Å². The molecule has 0 saturated carbocycles. The number of anilines is 1. The van der Waals surface area contributed by atoms with E-state index in [-0.39, 0.29) is 24.7 Å². The van der Waals surface area contributed by atoms with Crippen LogP contribution in [0.3, 0.4) is 0 Å². The zero-order valence-corrected chi connectivity index (χ0v) is 16.8. The van der Waals surface area contributed by atoms with Crippen LogP contribution in [-0.4, -0.2) is 23.1 Å². The number of benzene rings is 1. The maximum absolute atomic E-state index is 13.1. The quantitative estimate of drug-likeness (QED) is 0.535. The minimum atomic E-state index is -4.41. The zero-order chi connectivity index (χ0) is 18.9. The summed E-state index contributed by atoms with van der Waals surface area (Å²) in [6.07, 6.45) is 0.498. The highest BCUT2D eigenvalue weighted by Crippen LogP contribution is 2.35. The monoisotopic (exact) mass is 447 g/mol. The lowest BCUT2D eigenvalue weighted by atomic mass is 10.2. The number of thiophene rings is 2. The third kappa shape index (κ3) is 3.30. The van der Waals surface area contributed by atoms with Crippen LogP contribution < -0.4 is 3.71 Å². The lowest BCUT2D eigenvalue weighted by Gasteiger charge is -2.23. The van der Waals surface area contributed by atoms with Crippen LogP contribution in [0.25, 0.3) is 0 Å². The van der Waals surface area contributed by atoms with E-state index in [1.807, 2.05) is 0 Å². The molecule has 1 aromatic carbocycles. The average molecular weight is 448 g/mol. The molecule has 0 aliphatic heterocycles. The summed E-state index contributed by atoms with van der Waals surface area (Å²) in [6.45, 7) is 0. The lowest BCUT2D eigenvalue weighted by Crippen LogP contribution is -2.36. The number of halogens is 1. The van der Waals surface area contributed by atoms with Gasteiger partial charge in [-0.15, -0.1) is 22.7 Å². The topological polar surface area (TPSA) is 88.6 Å². The van der Waals surface area contributed by atoms with Crippen molar-refractivity contribution in [1.82, 2.24) is 0 Å². The van der Waals surface area contributed by atoms with Crippen molar-refractivity contribution < 1.29 is 21.6 Å². The maximum Gasteiger partial charge on any atom is 0.287 e. The minimum absolute atomic E-state index is 0.0507. The second-order valence-corrected chi connectivity index (χ2v) is 11.5. The van der Waals surface area contributed by atoms with Crippen molar-refractivity contribution in [3.63, 3.8) is 0 Å². The Hall–Kier alpha value is -1.72. The molecule has 0 N–H and O–H groups in total. The van der Waals surface area contributed by atoms with Gasteiger partial charge in [-0.1, -0.05) is 23.7 Å². The van der Waals surface area contributed by atoms with Crippen molar-refractivity contribution in [1.29, 1.82) is 0 Å². The van der Waals surface area contributed by atoms with Gasteiger partial charge in [-0.3, -0.25) is 4.79 Å². The van der Waals surface area contributed by atoms with Gasteiger partial charge in [-0.25, -0.2) is 0 Å². The molecule has 11 heteroatoms. The summed E-state index contributed by atoms with van der Waals surface area (Å²) in [7, 11) is -8.81. The predicted octanol–water partition coefficient (Wildman–Crippen LogP) is 3.86. The Labute approximate surface area is 163 Å². The molecule has 3 rings (SSSR count). The second-order valence-electron chi connectivity index (χ2n) is 4.90. The third-order valence-electron chi connectivity index (χ3n) is 3.26. The zero-order valence-electron chi connectivity index (χ0n) is 12.8. The van der Waals surface area contributed by atoms with E-state index in [4.69, 9.17) is 11.6 Å². The van der Waals surface area contributed by atoms with E-state index in [9.17, 15) is 21.6 Å². The molecule has 0 aliphatic rings. The highest BCUT2D eigenvalue weighted by Gasteiger charge is 2.38. The fraction of sp³-hybridized carbons (Fsp3) is 0. The molecule has 0 atom stereocenters. The Morgan fingerprint density at radius 1 is 0.885 bits per heavy atom. The van der Waals surface area contributed by atoms with Gasteiger partial charge in [0.25, 0.3) is 20.0 Å². The van der Waals surface area contributed by atoms with Gasteiger partial charge >= 0.3 is 0 Å². The van der Waals surface area contributed by atoms with Gasteiger partial charge < -0.3 is 0 Å². The van der Waals surface area contributed by atoms with Crippen LogP contribution in [0.15, 0.2) is 61.6 Å². The summed E-state index contributed by atoms with van der Waals surface area (Å²) in [6, 6.07) is 9.29. The van der Waals surface area contributed by atoms with Crippen LogP contribution in [0.1, 0.15) is 10.4 Å². The van der Waals surface area contributed by atoms with Gasteiger partial charge in [0.1, 0.15) is 8.42 Å². The third-order valence-corrected chi connectivity index (χ3v) is 10.5. The molecule has 0 aliphatic carbocycles. The number of hydrogen-bond acceptors (Lipinski definition) is 7. The summed E-state index contributed by atoms with van der Waals surface area (Å²) >= 11 is 7.78. The van der Waals surface area contributed by atoms with E-state index in [0.29, 0.717) is 10.00 Å². The van der Waals surface area contributed by atoms with Gasteiger partial charge in [0, 0.05) is 5.56 Å². The van der Waals surface area contributed by atoms with Crippen LogP contribution >= 0.6 is 34.3 Å². The Morgan fingerprint density at radius 2 is 1.42 bits per heavy atom. The number of carbonyl (C=O) groups is 1. The van der Waals surface area contributed by atoms with Crippen LogP contribution in [0.2, 0.25) is 5.02 Å². The first-order valence-electron chi connectivity index (χ1n) is 6.91. The molecule has 3 aromatic rings. The second kappa shape index (κ2) is 7.12. The van der Waals surface area contributed by atoms with E-state index in [1.54, 1.807) is 0 Å². The standard InChI is InChI=1S/C15H10ClNO5S4/c16-13-9-12(6-5-11(13)10-18)17(25(19,20)14-3-1-7-23-14)26(21,22)15-4-2-8-24-15/h1-10H. The normalized spacial score (nSPS) is 12.0. The van der Waals surface area contributed by atoms with E-state index in [2.05, 4.69) is 0 Å². The summed E-state index contributed by atoms with van der Waals surface area (Å²) in [5.74, 6) is 0. The molecular formula is C15H10ClNO5S4. The summed E-state index contributed by atoms with van der Waals surface area (Å²) in [5, 5.41) is 3.02. The van der Waals surface area contributed by atoms with Crippen LogP contribution in [0.4, 0.5) is 5.69 Å². The first kappa shape index (κ1) is 19.1. The molecule has 0 unspecified atom stereocenters. The maximum atomic E-state index is 13.1. The smallest absolute Gasteiger partial charge is 0.287 e. The van der Waals surface area contributed by atoms with E-state index in [1.165, 1.54) is 47.2 Å². The summed E-state index contributed by atoms with van der Waals surface area (Å²) in [4.78, 5) is 10.9. The van der Waals surface area contributed by atoms with Gasteiger partial charge in [-0.2, -0.15) is 20.5 Å². The van der Waals surface area contributed by atoms with E-state index in [0.717, 1.165) is 28.7 Å². The Kier molecular flexibility index (Phi) is 5.22. The molecule has 136 valence electrons. The van der Waals surface area contributed by atoms with Crippen molar-refractivity contribution in [2.24, 2.45) is 0 Å². The van der Waals surface area contributed by atoms with Gasteiger partial charge in [0.05, 0.1) is 10.7 Å². The molecule has 0 bridgehead atoms. The van der Waals surface area contributed by atoms with Crippen molar-refractivity contribution in [2.75, 3.05) is 3.71 Å². The Balaban J connectivity index is 2.27. The van der Waals surface area contributed by atoms with Gasteiger partial charge in [0.15, 0.2) is 6.29 Å². The molecule has 0 spiro atoms. The summed E-state index contributed by atoms with van der Waals surface area (Å²) in [5.41, 5.74) is -0.0557. The largest absolute Gasteiger partial charge is 0.298 e. The van der Waals surface area contributed by atoms with Crippen molar-refractivity contribution in [2.45, 2.75) is 8.42 Å². The number of sulfonamides is 2. The summed E-state index contributed by atoms with van der Waals surface area (Å²) < 4.78 is 52.3. The first-order chi connectivity index (χ1) is 12.3. The highest BCUT2D eigenvalue weighted by molar-refractivity contribution is 8.11. The molecule has 0 saturated heterocycles. The number of hydrogen-bond donors (Lipinski definition) is 0.